The van der Waals surface area contributed by atoms with Crippen molar-refractivity contribution >= 4 is 17.7 Å². The van der Waals surface area contributed by atoms with Crippen molar-refractivity contribution in [3.05, 3.63) is 11.8 Å². The number of aromatic nitrogens is 2. The summed E-state index contributed by atoms with van der Waals surface area (Å²) in [5.74, 6) is 0.731. The highest BCUT2D eigenvalue weighted by molar-refractivity contribution is 5.93. The lowest BCUT2D eigenvalue weighted by atomic mass is 9.67. The lowest BCUT2D eigenvalue weighted by molar-refractivity contribution is -0.122. The number of nitrogens with zero attached hydrogens (tertiary/aromatic N) is 1. The molecule has 0 bridgehead atoms. The molecule has 0 spiro atoms. The van der Waals surface area contributed by atoms with Crippen LogP contribution in [0.1, 0.15) is 55.4 Å². The average molecular weight is 291 g/mol. The zero-order chi connectivity index (χ0) is 14.8. The van der Waals surface area contributed by atoms with Gasteiger partial charge in [0.1, 0.15) is 5.69 Å². The molecule has 2 aliphatic carbocycles. The van der Waals surface area contributed by atoms with Crippen LogP contribution in [0.15, 0.2) is 6.07 Å². The number of H-pyrrole nitrogens is 1. The molecule has 1 aromatic rings. The van der Waals surface area contributed by atoms with Gasteiger partial charge in [-0.2, -0.15) is 5.10 Å². The van der Waals surface area contributed by atoms with Gasteiger partial charge in [-0.3, -0.25) is 9.89 Å². The van der Waals surface area contributed by atoms with Crippen LogP contribution < -0.4 is 5.32 Å². The van der Waals surface area contributed by atoms with E-state index < -0.39 is 5.97 Å². The first kappa shape index (κ1) is 14.1. The van der Waals surface area contributed by atoms with Gasteiger partial charge in [-0.05, 0) is 31.1 Å². The van der Waals surface area contributed by atoms with Crippen molar-refractivity contribution in [1.82, 2.24) is 10.2 Å². The SMILES string of the molecule is O=C(O)c1cc(NC(=O)C2CCC3CCCCC3C2)n[nH]1. The molecule has 3 unspecified atom stereocenters. The maximum atomic E-state index is 12.3. The molecule has 21 heavy (non-hydrogen) atoms. The number of anilines is 1. The summed E-state index contributed by atoms with van der Waals surface area (Å²) in [5.41, 5.74) is -0.0127. The van der Waals surface area contributed by atoms with Crippen molar-refractivity contribution < 1.29 is 14.7 Å². The number of carboxylic acids is 1. The van der Waals surface area contributed by atoms with Crippen LogP contribution in [0.25, 0.3) is 0 Å². The molecule has 0 aromatic carbocycles. The van der Waals surface area contributed by atoms with Gasteiger partial charge in [0.2, 0.25) is 5.91 Å². The van der Waals surface area contributed by atoms with Crippen LogP contribution in [0, 0.1) is 17.8 Å². The predicted molar refractivity (Wildman–Crippen MR) is 77.0 cm³/mol. The summed E-state index contributed by atoms with van der Waals surface area (Å²) in [6.45, 7) is 0. The summed E-state index contributed by atoms with van der Waals surface area (Å²) >= 11 is 0. The molecule has 1 amide bonds. The summed E-state index contributed by atoms with van der Waals surface area (Å²) in [6, 6.07) is 1.35. The van der Waals surface area contributed by atoms with E-state index in [0.29, 0.717) is 11.7 Å². The highest BCUT2D eigenvalue weighted by Gasteiger charge is 2.35. The van der Waals surface area contributed by atoms with Crippen molar-refractivity contribution in [3.63, 3.8) is 0 Å². The number of aromatic amines is 1. The van der Waals surface area contributed by atoms with E-state index >= 15 is 0 Å². The number of carboxylic acid groups (broad SMARTS) is 1. The number of fused-ring (bicyclic) bond motifs is 1. The highest BCUT2D eigenvalue weighted by atomic mass is 16.4. The van der Waals surface area contributed by atoms with Gasteiger partial charge >= 0.3 is 5.97 Å². The zero-order valence-electron chi connectivity index (χ0n) is 12.0. The normalized spacial score (nSPS) is 28.7. The topological polar surface area (TPSA) is 95.1 Å². The minimum absolute atomic E-state index is 0.0127. The maximum Gasteiger partial charge on any atom is 0.353 e. The van der Waals surface area contributed by atoms with Gasteiger partial charge in [0.05, 0.1) is 0 Å². The summed E-state index contributed by atoms with van der Waals surface area (Å²) in [7, 11) is 0. The van der Waals surface area contributed by atoms with Gasteiger partial charge in [0, 0.05) is 12.0 Å². The van der Waals surface area contributed by atoms with Crippen LogP contribution in [0.4, 0.5) is 5.82 Å². The number of nitrogens with one attached hydrogen (secondary N) is 2. The number of hydrogen-bond acceptors (Lipinski definition) is 3. The minimum atomic E-state index is -1.08. The second-order valence-electron chi connectivity index (χ2n) is 6.28. The average Bonchev–Trinajstić information content (AvgIpc) is 2.95. The van der Waals surface area contributed by atoms with Crippen LogP contribution in [-0.4, -0.2) is 27.2 Å². The summed E-state index contributed by atoms with van der Waals surface area (Å²) in [5, 5.41) is 17.8. The van der Waals surface area contributed by atoms with E-state index in [9.17, 15) is 9.59 Å². The molecule has 1 aromatic heterocycles. The van der Waals surface area contributed by atoms with Crippen molar-refractivity contribution in [2.45, 2.75) is 44.9 Å². The Morgan fingerprint density at radius 1 is 1.19 bits per heavy atom. The van der Waals surface area contributed by atoms with Crippen molar-refractivity contribution in [2.24, 2.45) is 17.8 Å². The third kappa shape index (κ3) is 3.09. The quantitative estimate of drug-likeness (QED) is 0.797. The molecule has 6 heteroatoms. The number of amides is 1. The van der Waals surface area contributed by atoms with E-state index in [2.05, 4.69) is 15.5 Å². The molecule has 6 nitrogen and oxygen atoms in total. The molecule has 3 rings (SSSR count). The first-order valence-electron chi connectivity index (χ1n) is 7.73. The Kier molecular flexibility index (Phi) is 3.94. The van der Waals surface area contributed by atoms with Gasteiger partial charge in [0.25, 0.3) is 0 Å². The van der Waals surface area contributed by atoms with E-state index in [-0.39, 0.29) is 17.5 Å². The van der Waals surface area contributed by atoms with Crippen LogP contribution in [0.5, 0.6) is 0 Å². The second-order valence-corrected chi connectivity index (χ2v) is 6.28. The van der Waals surface area contributed by atoms with E-state index in [1.807, 2.05) is 0 Å². The first-order valence-corrected chi connectivity index (χ1v) is 7.73. The molecule has 2 fully saturated rings. The van der Waals surface area contributed by atoms with Crippen molar-refractivity contribution in [2.75, 3.05) is 5.32 Å². The summed E-state index contributed by atoms with van der Waals surface area (Å²) in [6.07, 6.45) is 8.24. The van der Waals surface area contributed by atoms with Gasteiger partial charge < -0.3 is 10.4 Å². The molecule has 114 valence electrons. The van der Waals surface area contributed by atoms with E-state index in [1.54, 1.807) is 0 Å². The van der Waals surface area contributed by atoms with Crippen LogP contribution in [0.2, 0.25) is 0 Å². The fourth-order valence-corrected chi connectivity index (χ4v) is 3.84. The maximum absolute atomic E-state index is 12.3. The smallest absolute Gasteiger partial charge is 0.353 e. The molecule has 0 radical (unpaired) electrons. The Morgan fingerprint density at radius 2 is 1.95 bits per heavy atom. The molecular weight excluding hydrogens is 270 g/mol. The third-order valence-electron chi connectivity index (χ3n) is 4.97. The van der Waals surface area contributed by atoms with Gasteiger partial charge in [-0.15, -0.1) is 0 Å². The molecule has 3 atom stereocenters. The van der Waals surface area contributed by atoms with Crippen molar-refractivity contribution in [3.8, 4) is 0 Å². The summed E-state index contributed by atoms with van der Waals surface area (Å²) < 4.78 is 0. The number of carbonyl (C=O) groups is 2. The molecule has 2 aliphatic rings. The van der Waals surface area contributed by atoms with E-state index in [1.165, 1.54) is 31.7 Å². The third-order valence-corrected chi connectivity index (χ3v) is 4.97. The molecule has 0 aliphatic heterocycles. The molecule has 0 saturated heterocycles. The molecular formula is C15H21N3O3. The molecule has 2 saturated carbocycles. The van der Waals surface area contributed by atoms with E-state index in [0.717, 1.165) is 25.2 Å². The molecule has 1 heterocycles. The molecule has 3 N–H and O–H groups in total. The van der Waals surface area contributed by atoms with Gasteiger partial charge in [-0.25, -0.2) is 4.79 Å². The highest BCUT2D eigenvalue weighted by Crippen LogP contribution is 2.42. The predicted octanol–water partition coefficient (Wildman–Crippen LogP) is 2.65. The van der Waals surface area contributed by atoms with Crippen LogP contribution in [-0.2, 0) is 4.79 Å². The first-order chi connectivity index (χ1) is 10.1. The number of carbonyl (C=O) groups excluding carboxylic acids is 1. The Labute approximate surface area is 123 Å². The van der Waals surface area contributed by atoms with Gasteiger partial charge in [0.15, 0.2) is 5.82 Å². The van der Waals surface area contributed by atoms with E-state index in [4.69, 9.17) is 5.11 Å². The monoisotopic (exact) mass is 291 g/mol. The number of rotatable bonds is 3. The number of hydrogen-bond donors (Lipinski definition) is 3. The fourth-order valence-electron chi connectivity index (χ4n) is 3.84. The minimum Gasteiger partial charge on any atom is -0.477 e. The Morgan fingerprint density at radius 3 is 2.67 bits per heavy atom. The van der Waals surface area contributed by atoms with Crippen LogP contribution >= 0.6 is 0 Å². The lowest BCUT2D eigenvalue weighted by Gasteiger charge is -2.38. The Bertz CT molecular complexity index is 540. The largest absolute Gasteiger partial charge is 0.477 e. The standard InChI is InChI=1S/C15H21N3O3/c19-14(16-13-8-12(15(20)21)17-18-13)11-6-5-9-3-1-2-4-10(9)7-11/h8-11H,1-7H2,(H,20,21)(H2,16,17,18,19). The lowest BCUT2D eigenvalue weighted by Crippen LogP contribution is -2.33. The Balaban J connectivity index is 1.58. The van der Waals surface area contributed by atoms with Crippen LogP contribution in [0.3, 0.4) is 0 Å². The zero-order valence-corrected chi connectivity index (χ0v) is 12.0. The Hall–Kier alpha value is -1.85. The number of aromatic carboxylic acids is 1. The fraction of sp³-hybridized carbons (Fsp3) is 0.667. The van der Waals surface area contributed by atoms with Gasteiger partial charge in [-0.1, -0.05) is 25.7 Å². The second kappa shape index (κ2) is 5.87. The summed E-state index contributed by atoms with van der Waals surface area (Å²) in [4.78, 5) is 23.1. The van der Waals surface area contributed by atoms with Crippen molar-refractivity contribution in [1.29, 1.82) is 0 Å².